The number of aromatic nitrogens is 3. The molecule has 1 fully saturated rings. The predicted octanol–water partition coefficient (Wildman–Crippen LogP) is 4.77. The predicted molar refractivity (Wildman–Crippen MR) is 154 cm³/mol. The van der Waals surface area contributed by atoms with Crippen LogP contribution in [-0.2, 0) is 9.53 Å². The van der Waals surface area contributed by atoms with E-state index in [2.05, 4.69) is 78.9 Å². The van der Waals surface area contributed by atoms with E-state index in [1.54, 1.807) is 25.1 Å². The molecule has 1 aliphatic rings. The number of nitrogens with one attached hydrogen (secondary N) is 3. The summed E-state index contributed by atoms with van der Waals surface area (Å²) in [6, 6.07) is 10.6. The summed E-state index contributed by atoms with van der Waals surface area (Å²) < 4.78 is 6.38. The molecule has 3 N–H and O–H groups in total. The minimum atomic E-state index is -0.258. The van der Waals surface area contributed by atoms with Crippen LogP contribution in [0.5, 0.6) is 0 Å². The lowest BCUT2D eigenvalue weighted by molar-refractivity contribution is -0.138. The van der Waals surface area contributed by atoms with Crippen molar-refractivity contribution in [2.24, 2.45) is 0 Å². The van der Waals surface area contributed by atoms with E-state index >= 15 is 0 Å². The lowest BCUT2D eigenvalue weighted by Gasteiger charge is -2.43. The maximum atomic E-state index is 11.6. The lowest BCUT2D eigenvalue weighted by Crippen LogP contribution is -2.42. The number of rotatable bonds is 9. The Labute approximate surface area is 225 Å². The zero-order chi connectivity index (χ0) is 27.3. The van der Waals surface area contributed by atoms with Crippen LogP contribution in [-0.4, -0.2) is 70.9 Å². The van der Waals surface area contributed by atoms with Gasteiger partial charge in [0.05, 0.1) is 40.5 Å². The summed E-state index contributed by atoms with van der Waals surface area (Å²) in [4.78, 5) is 18.0. The van der Waals surface area contributed by atoms with Crippen LogP contribution in [0.1, 0.15) is 51.8 Å². The van der Waals surface area contributed by atoms with Crippen molar-refractivity contribution in [3.05, 3.63) is 71.7 Å². The van der Waals surface area contributed by atoms with Gasteiger partial charge in [0, 0.05) is 50.8 Å². The number of anilines is 1. The molecule has 0 atom stereocenters. The summed E-state index contributed by atoms with van der Waals surface area (Å²) >= 11 is 0. The monoisotopic (exact) mass is 516 g/mol. The van der Waals surface area contributed by atoms with Crippen LogP contribution < -0.4 is 10.6 Å². The molecule has 1 amide bonds. The van der Waals surface area contributed by atoms with Crippen LogP contribution in [0.15, 0.2) is 60.5 Å². The van der Waals surface area contributed by atoms with Gasteiger partial charge in [-0.15, -0.1) is 0 Å². The summed E-state index contributed by atoms with van der Waals surface area (Å²) in [6.45, 7) is 10.8. The molecule has 0 radical (unpaired) electrons. The molecule has 1 aromatic carbocycles. The SMILES string of the molecule is CN(C)C(=O)/C=C/CNCCNc1ccc(C(=C2CC(C)(C)OC(C)(C)C2)c2ccc3[nH]ncc3c2)nc1. The zero-order valence-corrected chi connectivity index (χ0v) is 23.4. The van der Waals surface area contributed by atoms with E-state index in [0.717, 1.165) is 53.8 Å². The lowest BCUT2D eigenvalue weighted by atomic mass is 9.80. The molecule has 1 saturated heterocycles. The first-order valence-electron chi connectivity index (χ1n) is 13.2. The molecular formula is C30H40N6O2. The largest absolute Gasteiger partial charge is 0.383 e. The third-order valence-corrected chi connectivity index (χ3v) is 6.53. The van der Waals surface area contributed by atoms with Crippen molar-refractivity contribution in [1.82, 2.24) is 25.4 Å². The van der Waals surface area contributed by atoms with Crippen LogP contribution in [0.2, 0.25) is 0 Å². The second-order valence-electron chi connectivity index (χ2n) is 11.3. The van der Waals surface area contributed by atoms with Gasteiger partial charge in [-0.1, -0.05) is 17.7 Å². The Bertz CT molecular complexity index is 1300. The molecule has 3 aromatic rings. The van der Waals surface area contributed by atoms with Gasteiger partial charge in [0.2, 0.25) is 5.91 Å². The molecule has 2 aromatic heterocycles. The maximum Gasteiger partial charge on any atom is 0.245 e. The van der Waals surface area contributed by atoms with E-state index in [1.165, 1.54) is 11.1 Å². The highest BCUT2D eigenvalue weighted by Gasteiger charge is 2.38. The van der Waals surface area contributed by atoms with Crippen LogP contribution in [0.25, 0.3) is 16.5 Å². The number of ether oxygens (including phenoxy) is 1. The van der Waals surface area contributed by atoms with Crippen molar-refractivity contribution in [2.45, 2.75) is 51.7 Å². The standard InChI is InChI=1S/C30H40N6O2/c1-29(2)17-23(18-30(3,4)38-29)28(21-9-11-25-22(16-21)19-34-35-25)26-12-10-24(20-33-26)32-15-14-31-13-7-8-27(37)36(5)6/h7-12,16,19-20,31-32H,13-15,17-18H2,1-6H3,(H,34,35)/b8-7+. The number of pyridine rings is 1. The second-order valence-corrected chi connectivity index (χ2v) is 11.3. The summed E-state index contributed by atoms with van der Waals surface area (Å²) in [6.07, 6.45) is 8.88. The Hall–Kier alpha value is -3.49. The molecule has 38 heavy (non-hydrogen) atoms. The minimum absolute atomic E-state index is 0.0111. The first-order chi connectivity index (χ1) is 18.0. The smallest absolute Gasteiger partial charge is 0.245 e. The summed E-state index contributed by atoms with van der Waals surface area (Å²) in [5, 5.41) is 15.1. The molecule has 0 spiro atoms. The Morgan fingerprint density at radius 1 is 1.08 bits per heavy atom. The summed E-state index contributed by atoms with van der Waals surface area (Å²) in [5.74, 6) is -0.0111. The number of likely N-dealkylation sites (N-methyl/N-ethyl adjacent to an activating group) is 1. The van der Waals surface area contributed by atoms with Gasteiger partial charge in [-0.05, 0) is 70.4 Å². The average Bonchev–Trinajstić information content (AvgIpc) is 3.30. The highest BCUT2D eigenvalue weighted by atomic mass is 16.5. The molecule has 202 valence electrons. The second kappa shape index (κ2) is 11.5. The molecule has 0 bridgehead atoms. The molecule has 0 aliphatic carbocycles. The van der Waals surface area contributed by atoms with E-state index < -0.39 is 0 Å². The fourth-order valence-corrected chi connectivity index (χ4v) is 5.15. The topological polar surface area (TPSA) is 95.2 Å². The number of hydrogen-bond acceptors (Lipinski definition) is 6. The number of H-pyrrole nitrogens is 1. The van der Waals surface area contributed by atoms with E-state index in [1.807, 2.05) is 18.5 Å². The van der Waals surface area contributed by atoms with Gasteiger partial charge in [-0.2, -0.15) is 5.10 Å². The molecule has 8 nitrogen and oxygen atoms in total. The third kappa shape index (κ3) is 7.08. The highest BCUT2D eigenvalue weighted by Crippen LogP contribution is 2.43. The van der Waals surface area contributed by atoms with E-state index in [0.29, 0.717) is 6.54 Å². The first-order valence-corrected chi connectivity index (χ1v) is 13.2. The Morgan fingerprint density at radius 2 is 1.84 bits per heavy atom. The Kier molecular flexibility index (Phi) is 8.33. The minimum Gasteiger partial charge on any atom is -0.383 e. The van der Waals surface area contributed by atoms with Gasteiger partial charge in [-0.25, -0.2) is 0 Å². The fourth-order valence-electron chi connectivity index (χ4n) is 5.15. The molecular weight excluding hydrogens is 476 g/mol. The van der Waals surface area contributed by atoms with E-state index in [-0.39, 0.29) is 17.1 Å². The molecule has 8 heteroatoms. The average molecular weight is 517 g/mol. The number of benzene rings is 1. The van der Waals surface area contributed by atoms with Crippen LogP contribution in [0, 0.1) is 0 Å². The van der Waals surface area contributed by atoms with Crippen LogP contribution in [0.3, 0.4) is 0 Å². The van der Waals surface area contributed by atoms with Crippen molar-refractivity contribution < 1.29 is 9.53 Å². The van der Waals surface area contributed by atoms with Gasteiger partial charge in [-0.3, -0.25) is 14.9 Å². The number of carbonyl (C=O) groups is 1. The fraction of sp³-hybridized carbons (Fsp3) is 0.433. The number of fused-ring (bicyclic) bond motifs is 1. The molecule has 1 aliphatic heterocycles. The van der Waals surface area contributed by atoms with E-state index in [4.69, 9.17) is 9.72 Å². The Morgan fingerprint density at radius 3 is 2.53 bits per heavy atom. The number of amides is 1. The first kappa shape index (κ1) is 27.5. The quantitative estimate of drug-likeness (QED) is 0.280. The van der Waals surface area contributed by atoms with Gasteiger partial charge >= 0.3 is 0 Å². The summed E-state index contributed by atoms with van der Waals surface area (Å²) in [7, 11) is 3.48. The van der Waals surface area contributed by atoms with Crippen molar-refractivity contribution in [1.29, 1.82) is 0 Å². The van der Waals surface area contributed by atoms with Gasteiger partial charge in [0.25, 0.3) is 0 Å². The maximum absolute atomic E-state index is 11.6. The van der Waals surface area contributed by atoms with Gasteiger partial charge < -0.3 is 20.3 Å². The third-order valence-electron chi connectivity index (χ3n) is 6.53. The van der Waals surface area contributed by atoms with E-state index in [9.17, 15) is 4.79 Å². The molecule has 3 heterocycles. The van der Waals surface area contributed by atoms with Crippen LogP contribution >= 0.6 is 0 Å². The number of nitrogens with zero attached hydrogens (tertiary/aromatic N) is 3. The van der Waals surface area contributed by atoms with Gasteiger partial charge in [0.1, 0.15) is 0 Å². The molecule has 0 unspecified atom stereocenters. The van der Waals surface area contributed by atoms with Gasteiger partial charge in [0.15, 0.2) is 0 Å². The van der Waals surface area contributed by atoms with Crippen LogP contribution in [0.4, 0.5) is 5.69 Å². The van der Waals surface area contributed by atoms with Crippen molar-refractivity contribution >= 4 is 28.1 Å². The Balaban J connectivity index is 1.50. The summed E-state index contributed by atoms with van der Waals surface area (Å²) in [5.41, 5.74) is 6.09. The van der Waals surface area contributed by atoms with Crippen molar-refractivity contribution in [3.8, 4) is 0 Å². The molecule has 0 saturated carbocycles. The highest BCUT2D eigenvalue weighted by molar-refractivity contribution is 5.88. The zero-order valence-electron chi connectivity index (χ0n) is 23.4. The van der Waals surface area contributed by atoms with Crippen molar-refractivity contribution in [2.75, 3.05) is 39.0 Å². The normalized spacial score (nSPS) is 16.6. The van der Waals surface area contributed by atoms with Crippen molar-refractivity contribution in [3.63, 3.8) is 0 Å². The number of hydrogen-bond donors (Lipinski definition) is 3. The number of aromatic amines is 1. The molecule has 4 rings (SSSR count). The number of carbonyl (C=O) groups excluding carboxylic acids is 1.